The third-order valence-corrected chi connectivity index (χ3v) is 2.59. The molecule has 0 saturated carbocycles. The van der Waals surface area contributed by atoms with E-state index in [1.165, 1.54) is 0 Å². The standard InChI is InChI=1S/C9H18N2O3/c1-9(2)6-14-4-3-11(9)7(5-10)8(12)13/h7H,3-6,10H2,1-2H3,(H,12,13). The molecule has 1 saturated heterocycles. The number of ether oxygens (including phenoxy) is 1. The van der Waals surface area contributed by atoms with Crippen molar-refractivity contribution >= 4 is 5.97 Å². The summed E-state index contributed by atoms with van der Waals surface area (Å²) >= 11 is 0. The van der Waals surface area contributed by atoms with Gasteiger partial charge >= 0.3 is 5.97 Å². The fraction of sp³-hybridized carbons (Fsp3) is 0.889. The average Bonchev–Trinajstić information content (AvgIpc) is 2.08. The van der Waals surface area contributed by atoms with E-state index in [1.807, 2.05) is 18.7 Å². The van der Waals surface area contributed by atoms with Crippen molar-refractivity contribution in [3.8, 4) is 0 Å². The minimum absolute atomic E-state index is 0.138. The number of nitrogens with two attached hydrogens (primary N) is 1. The van der Waals surface area contributed by atoms with Gasteiger partial charge in [0.1, 0.15) is 6.04 Å². The van der Waals surface area contributed by atoms with Crippen molar-refractivity contribution in [3.05, 3.63) is 0 Å². The minimum atomic E-state index is -0.859. The smallest absolute Gasteiger partial charge is 0.322 e. The monoisotopic (exact) mass is 202 g/mol. The topological polar surface area (TPSA) is 75.8 Å². The van der Waals surface area contributed by atoms with Crippen molar-refractivity contribution in [2.45, 2.75) is 25.4 Å². The summed E-state index contributed by atoms with van der Waals surface area (Å²) in [5.41, 5.74) is 5.21. The summed E-state index contributed by atoms with van der Waals surface area (Å²) in [5, 5.41) is 9.00. The first kappa shape index (κ1) is 11.4. The number of carbonyl (C=O) groups is 1. The Morgan fingerprint density at radius 2 is 2.36 bits per heavy atom. The van der Waals surface area contributed by atoms with E-state index in [4.69, 9.17) is 15.6 Å². The van der Waals surface area contributed by atoms with E-state index in [2.05, 4.69) is 0 Å². The number of carboxylic acids is 1. The van der Waals surface area contributed by atoms with E-state index < -0.39 is 12.0 Å². The number of hydrogen-bond acceptors (Lipinski definition) is 4. The van der Waals surface area contributed by atoms with Crippen molar-refractivity contribution < 1.29 is 14.6 Å². The maximum Gasteiger partial charge on any atom is 0.322 e. The molecule has 0 radical (unpaired) electrons. The molecular weight excluding hydrogens is 184 g/mol. The molecule has 1 heterocycles. The summed E-state index contributed by atoms with van der Waals surface area (Å²) in [5.74, 6) is -0.859. The second-order valence-electron chi connectivity index (χ2n) is 4.15. The molecule has 1 fully saturated rings. The third kappa shape index (κ3) is 2.23. The Morgan fingerprint density at radius 1 is 1.71 bits per heavy atom. The van der Waals surface area contributed by atoms with Gasteiger partial charge in [-0.15, -0.1) is 0 Å². The lowest BCUT2D eigenvalue weighted by molar-refractivity contribution is -0.150. The molecule has 1 unspecified atom stereocenters. The Morgan fingerprint density at radius 3 is 2.79 bits per heavy atom. The maximum absolute atomic E-state index is 11.0. The minimum Gasteiger partial charge on any atom is -0.480 e. The zero-order chi connectivity index (χ0) is 10.8. The highest BCUT2D eigenvalue weighted by Crippen LogP contribution is 2.21. The van der Waals surface area contributed by atoms with Gasteiger partial charge in [0.15, 0.2) is 0 Å². The van der Waals surface area contributed by atoms with Gasteiger partial charge in [-0.2, -0.15) is 0 Å². The number of carboxylic acid groups (broad SMARTS) is 1. The lowest BCUT2D eigenvalue weighted by Gasteiger charge is -2.44. The Balaban J connectivity index is 2.76. The molecule has 0 aromatic carbocycles. The van der Waals surface area contributed by atoms with E-state index >= 15 is 0 Å². The fourth-order valence-electron chi connectivity index (χ4n) is 1.81. The summed E-state index contributed by atoms with van der Waals surface area (Å²) in [6, 6.07) is -0.603. The molecule has 0 amide bonds. The molecule has 5 heteroatoms. The van der Waals surface area contributed by atoms with Crippen molar-refractivity contribution in [1.29, 1.82) is 0 Å². The van der Waals surface area contributed by atoms with E-state index in [1.54, 1.807) is 0 Å². The van der Waals surface area contributed by atoms with Gasteiger partial charge in [0.25, 0.3) is 0 Å². The predicted octanol–water partition coefficient (Wildman–Crippen LogP) is -0.491. The molecule has 0 aromatic rings. The van der Waals surface area contributed by atoms with Crippen LogP contribution in [0.25, 0.3) is 0 Å². The van der Waals surface area contributed by atoms with Crippen LogP contribution < -0.4 is 5.73 Å². The Bertz CT molecular complexity index is 218. The molecule has 1 aliphatic heterocycles. The molecule has 0 spiro atoms. The summed E-state index contributed by atoms with van der Waals surface area (Å²) in [4.78, 5) is 12.9. The molecule has 1 aliphatic rings. The highest BCUT2D eigenvalue weighted by molar-refractivity contribution is 5.73. The molecule has 3 N–H and O–H groups in total. The molecule has 1 atom stereocenters. The number of hydrogen-bond donors (Lipinski definition) is 2. The van der Waals surface area contributed by atoms with Crippen LogP contribution in [0.3, 0.4) is 0 Å². The van der Waals surface area contributed by atoms with Crippen molar-refractivity contribution in [2.75, 3.05) is 26.3 Å². The quantitative estimate of drug-likeness (QED) is 0.646. The highest BCUT2D eigenvalue weighted by Gasteiger charge is 2.37. The summed E-state index contributed by atoms with van der Waals surface area (Å²) in [6.45, 7) is 5.83. The van der Waals surface area contributed by atoms with Gasteiger partial charge in [-0.3, -0.25) is 9.69 Å². The van der Waals surface area contributed by atoms with Crippen LogP contribution in [-0.2, 0) is 9.53 Å². The number of rotatable bonds is 3. The third-order valence-electron chi connectivity index (χ3n) is 2.59. The van der Waals surface area contributed by atoms with Crippen molar-refractivity contribution in [1.82, 2.24) is 4.90 Å². The largest absolute Gasteiger partial charge is 0.480 e. The van der Waals surface area contributed by atoms with E-state index in [0.717, 1.165) is 0 Å². The SMILES string of the molecule is CC1(C)COCCN1C(CN)C(=O)O. The molecule has 5 nitrogen and oxygen atoms in total. The second-order valence-corrected chi connectivity index (χ2v) is 4.15. The Labute approximate surface area is 83.8 Å². The number of aliphatic carboxylic acids is 1. The van der Waals surface area contributed by atoms with Gasteiger partial charge in [0.05, 0.1) is 13.2 Å². The van der Waals surface area contributed by atoms with Crippen LogP contribution in [0.2, 0.25) is 0 Å². The molecule has 0 aromatic heterocycles. The summed E-state index contributed by atoms with van der Waals surface area (Å²) in [6.07, 6.45) is 0. The van der Waals surface area contributed by atoms with Gasteiger partial charge in [0, 0.05) is 18.6 Å². The summed E-state index contributed by atoms with van der Waals surface area (Å²) < 4.78 is 5.31. The average molecular weight is 202 g/mol. The highest BCUT2D eigenvalue weighted by atomic mass is 16.5. The second kappa shape index (κ2) is 4.25. The van der Waals surface area contributed by atoms with Crippen LogP contribution in [0.1, 0.15) is 13.8 Å². The number of morpholine rings is 1. The molecular formula is C9H18N2O3. The maximum atomic E-state index is 11.0. The van der Waals surface area contributed by atoms with Crippen molar-refractivity contribution in [2.24, 2.45) is 5.73 Å². The first-order chi connectivity index (χ1) is 6.49. The van der Waals surface area contributed by atoms with E-state index in [-0.39, 0.29) is 12.1 Å². The zero-order valence-corrected chi connectivity index (χ0v) is 8.69. The zero-order valence-electron chi connectivity index (χ0n) is 8.69. The molecule has 1 rings (SSSR count). The first-order valence-corrected chi connectivity index (χ1v) is 4.76. The Hall–Kier alpha value is -0.650. The number of nitrogens with zero attached hydrogens (tertiary/aromatic N) is 1. The van der Waals surface area contributed by atoms with Gasteiger partial charge in [0.2, 0.25) is 0 Å². The van der Waals surface area contributed by atoms with Crippen LogP contribution in [0.5, 0.6) is 0 Å². The van der Waals surface area contributed by atoms with Gasteiger partial charge < -0.3 is 15.6 Å². The van der Waals surface area contributed by atoms with Gasteiger partial charge in [-0.25, -0.2) is 0 Å². The molecule has 14 heavy (non-hydrogen) atoms. The van der Waals surface area contributed by atoms with Gasteiger partial charge in [-0.1, -0.05) is 0 Å². The normalized spacial score (nSPS) is 24.5. The van der Waals surface area contributed by atoms with Crippen LogP contribution in [0, 0.1) is 0 Å². The fourth-order valence-corrected chi connectivity index (χ4v) is 1.81. The van der Waals surface area contributed by atoms with Crippen LogP contribution in [0.4, 0.5) is 0 Å². The van der Waals surface area contributed by atoms with Crippen LogP contribution >= 0.6 is 0 Å². The lowest BCUT2D eigenvalue weighted by atomic mass is 9.99. The lowest BCUT2D eigenvalue weighted by Crippen LogP contribution is -2.61. The van der Waals surface area contributed by atoms with Crippen molar-refractivity contribution in [3.63, 3.8) is 0 Å². The molecule has 0 aliphatic carbocycles. The first-order valence-electron chi connectivity index (χ1n) is 4.76. The molecule has 82 valence electrons. The van der Waals surface area contributed by atoms with Gasteiger partial charge in [-0.05, 0) is 13.8 Å². The molecule has 0 bridgehead atoms. The van der Waals surface area contributed by atoms with Crippen LogP contribution in [0.15, 0.2) is 0 Å². The predicted molar refractivity (Wildman–Crippen MR) is 52.1 cm³/mol. The van der Waals surface area contributed by atoms with Crippen LogP contribution in [-0.4, -0.2) is 53.9 Å². The Kier molecular flexibility index (Phi) is 3.47. The van der Waals surface area contributed by atoms with E-state index in [0.29, 0.717) is 19.8 Å². The summed E-state index contributed by atoms with van der Waals surface area (Å²) in [7, 11) is 0. The van der Waals surface area contributed by atoms with E-state index in [9.17, 15) is 4.79 Å².